The molecule has 1 N–H and O–H groups in total. The summed E-state index contributed by atoms with van der Waals surface area (Å²) >= 11 is 0. The van der Waals surface area contributed by atoms with E-state index in [1.807, 2.05) is 19.1 Å². The Kier molecular flexibility index (Phi) is 6.07. The van der Waals surface area contributed by atoms with Crippen molar-refractivity contribution >= 4 is 11.8 Å². The Bertz CT molecular complexity index is 714. The van der Waals surface area contributed by atoms with E-state index in [1.54, 1.807) is 30.3 Å². The Morgan fingerprint density at radius 1 is 1.08 bits per heavy atom. The molecule has 0 saturated carbocycles. The molecule has 4 nitrogen and oxygen atoms in total. The molecule has 126 valence electrons. The lowest BCUT2D eigenvalue weighted by Crippen LogP contribution is -2.37. The maximum absolute atomic E-state index is 13.7. The fourth-order valence-corrected chi connectivity index (χ4v) is 2.29. The fourth-order valence-electron chi connectivity index (χ4n) is 2.29. The van der Waals surface area contributed by atoms with Crippen LogP contribution in [0.25, 0.3) is 0 Å². The van der Waals surface area contributed by atoms with Crippen LogP contribution < -0.4 is 5.32 Å². The normalized spacial score (nSPS) is 10.3. The molecule has 0 atom stereocenters. The van der Waals surface area contributed by atoms with Crippen molar-refractivity contribution in [3.05, 3.63) is 71.0 Å². The van der Waals surface area contributed by atoms with Crippen LogP contribution in [0.4, 0.5) is 4.39 Å². The average Bonchev–Trinajstić information content (AvgIpc) is 2.56. The monoisotopic (exact) mass is 328 g/mol. The first-order valence-corrected chi connectivity index (χ1v) is 7.81. The highest BCUT2D eigenvalue weighted by atomic mass is 19.1. The first-order valence-electron chi connectivity index (χ1n) is 7.81. The van der Waals surface area contributed by atoms with Crippen molar-refractivity contribution in [3.63, 3.8) is 0 Å². The number of hydrogen-bond donors (Lipinski definition) is 1. The van der Waals surface area contributed by atoms with E-state index in [-0.39, 0.29) is 24.2 Å². The second-order valence-electron chi connectivity index (χ2n) is 5.65. The van der Waals surface area contributed by atoms with Gasteiger partial charge in [-0.3, -0.25) is 9.59 Å². The highest BCUT2D eigenvalue weighted by molar-refractivity contribution is 5.94. The van der Waals surface area contributed by atoms with Gasteiger partial charge in [0, 0.05) is 37.7 Å². The van der Waals surface area contributed by atoms with Crippen LogP contribution >= 0.6 is 0 Å². The van der Waals surface area contributed by atoms with E-state index >= 15 is 0 Å². The molecule has 24 heavy (non-hydrogen) atoms. The van der Waals surface area contributed by atoms with E-state index in [0.717, 1.165) is 5.56 Å². The standard InChI is InChI=1S/C19H21FN2O2/c1-14-7-9-16(10-8-14)19(24)21-11-12-22(15(2)23)13-17-5-3-4-6-18(17)20/h3-10H,11-13H2,1-2H3,(H,21,24). The summed E-state index contributed by atoms with van der Waals surface area (Å²) in [6.07, 6.45) is 0. The van der Waals surface area contributed by atoms with Gasteiger partial charge in [0.2, 0.25) is 5.91 Å². The molecule has 0 saturated heterocycles. The smallest absolute Gasteiger partial charge is 0.251 e. The summed E-state index contributed by atoms with van der Waals surface area (Å²) in [5.41, 5.74) is 2.11. The Labute approximate surface area is 141 Å². The molecule has 0 aromatic heterocycles. The third kappa shape index (κ3) is 4.91. The number of carbonyl (C=O) groups is 2. The SMILES string of the molecule is CC(=O)N(CCNC(=O)c1ccc(C)cc1)Cc1ccccc1F. The van der Waals surface area contributed by atoms with Crippen molar-refractivity contribution in [1.82, 2.24) is 10.2 Å². The molecule has 2 amide bonds. The summed E-state index contributed by atoms with van der Waals surface area (Å²) in [5, 5.41) is 2.78. The first kappa shape index (κ1) is 17.7. The quantitative estimate of drug-likeness (QED) is 0.886. The molecule has 0 bridgehead atoms. The number of carbonyl (C=O) groups excluding carboxylic acids is 2. The number of nitrogens with zero attached hydrogens (tertiary/aromatic N) is 1. The lowest BCUT2D eigenvalue weighted by molar-refractivity contribution is -0.129. The lowest BCUT2D eigenvalue weighted by Gasteiger charge is -2.21. The Morgan fingerprint density at radius 2 is 1.75 bits per heavy atom. The summed E-state index contributed by atoms with van der Waals surface area (Å²) in [5.74, 6) is -0.695. The number of halogens is 1. The van der Waals surface area contributed by atoms with Crippen molar-refractivity contribution < 1.29 is 14.0 Å². The van der Waals surface area contributed by atoms with Gasteiger partial charge < -0.3 is 10.2 Å². The molecule has 2 rings (SSSR count). The molecule has 0 aliphatic rings. The van der Waals surface area contributed by atoms with E-state index < -0.39 is 0 Å². The van der Waals surface area contributed by atoms with Crippen LogP contribution in [0.15, 0.2) is 48.5 Å². The topological polar surface area (TPSA) is 49.4 Å². The van der Waals surface area contributed by atoms with Crippen molar-refractivity contribution in [2.24, 2.45) is 0 Å². The second kappa shape index (κ2) is 8.24. The van der Waals surface area contributed by atoms with Crippen molar-refractivity contribution in [1.29, 1.82) is 0 Å². The van der Waals surface area contributed by atoms with Crippen LogP contribution in [0.3, 0.4) is 0 Å². The number of hydrogen-bond acceptors (Lipinski definition) is 2. The van der Waals surface area contributed by atoms with E-state index in [4.69, 9.17) is 0 Å². The molecule has 0 aliphatic heterocycles. The van der Waals surface area contributed by atoms with E-state index in [1.165, 1.54) is 17.9 Å². The van der Waals surface area contributed by atoms with Gasteiger partial charge in [0.15, 0.2) is 0 Å². The molecule has 0 unspecified atom stereocenters. The van der Waals surface area contributed by atoms with Crippen LogP contribution in [0.5, 0.6) is 0 Å². The number of rotatable bonds is 6. The summed E-state index contributed by atoms with van der Waals surface area (Å²) in [4.78, 5) is 25.3. The molecular weight excluding hydrogens is 307 g/mol. The zero-order valence-corrected chi connectivity index (χ0v) is 13.9. The number of amides is 2. The average molecular weight is 328 g/mol. The van der Waals surface area contributed by atoms with Gasteiger partial charge in [0.1, 0.15) is 5.82 Å². The van der Waals surface area contributed by atoms with Gasteiger partial charge in [-0.25, -0.2) is 4.39 Å². The van der Waals surface area contributed by atoms with Crippen molar-refractivity contribution in [3.8, 4) is 0 Å². The van der Waals surface area contributed by atoms with E-state index in [2.05, 4.69) is 5.32 Å². The van der Waals surface area contributed by atoms with Crippen molar-refractivity contribution in [2.75, 3.05) is 13.1 Å². The molecule has 0 fully saturated rings. The van der Waals surface area contributed by atoms with Gasteiger partial charge in [-0.05, 0) is 25.1 Å². The highest BCUT2D eigenvalue weighted by Gasteiger charge is 2.12. The molecule has 2 aromatic carbocycles. The minimum atomic E-state index is -0.340. The predicted molar refractivity (Wildman–Crippen MR) is 91.0 cm³/mol. The van der Waals surface area contributed by atoms with Gasteiger partial charge in [0.25, 0.3) is 5.91 Å². The molecule has 0 radical (unpaired) electrons. The first-order chi connectivity index (χ1) is 11.5. The second-order valence-corrected chi connectivity index (χ2v) is 5.65. The minimum Gasteiger partial charge on any atom is -0.350 e. The minimum absolute atomic E-state index is 0.164. The Balaban J connectivity index is 1.90. The fraction of sp³-hybridized carbons (Fsp3) is 0.263. The van der Waals surface area contributed by atoms with Crippen LogP contribution in [0, 0.1) is 12.7 Å². The third-order valence-corrected chi connectivity index (χ3v) is 3.75. The van der Waals surface area contributed by atoms with Gasteiger partial charge in [0.05, 0.1) is 0 Å². The van der Waals surface area contributed by atoms with Crippen LogP contribution in [0.2, 0.25) is 0 Å². The number of benzene rings is 2. The van der Waals surface area contributed by atoms with Gasteiger partial charge in [-0.15, -0.1) is 0 Å². The van der Waals surface area contributed by atoms with Gasteiger partial charge in [-0.2, -0.15) is 0 Å². The van der Waals surface area contributed by atoms with Crippen LogP contribution in [-0.2, 0) is 11.3 Å². The lowest BCUT2D eigenvalue weighted by atomic mass is 10.1. The number of aryl methyl sites for hydroxylation is 1. The Morgan fingerprint density at radius 3 is 2.38 bits per heavy atom. The van der Waals surface area contributed by atoms with Crippen molar-refractivity contribution in [2.45, 2.75) is 20.4 Å². The summed E-state index contributed by atoms with van der Waals surface area (Å²) in [6, 6.07) is 13.6. The summed E-state index contributed by atoms with van der Waals surface area (Å²) in [7, 11) is 0. The predicted octanol–water partition coefficient (Wildman–Crippen LogP) is 2.91. The molecule has 5 heteroatoms. The number of nitrogens with one attached hydrogen (secondary N) is 1. The maximum Gasteiger partial charge on any atom is 0.251 e. The summed E-state index contributed by atoms with van der Waals surface area (Å²) in [6.45, 7) is 4.20. The highest BCUT2D eigenvalue weighted by Crippen LogP contribution is 2.10. The molecule has 0 aliphatic carbocycles. The van der Waals surface area contributed by atoms with Crippen LogP contribution in [0.1, 0.15) is 28.4 Å². The van der Waals surface area contributed by atoms with Gasteiger partial charge >= 0.3 is 0 Å². The zero-order chi connectivity index (χ0) is 17.5. The zero-order valence-electron chi connectivity index (χ0n) is 13.9. The van der Waals surface area contributed by atoms with Crippen LogP contribution in [-0.4, -0.2) is 29.8 Å². The van der Waals surface area contributed by atoms with E-state index in [9.17, 15) is 14.0 Å². The molecular formula is C19H21FN2O2. The maximum atomic E-state index is 13.7. The molecule has 0 spiro atoms. The third-order valence-electron chi connectivity index (χ3n) is 3.75. The largest absolute Gasteiger partial charge is 0.350 e. The molecule has 2 aromatic rings. The van der Waals surface area contributed by atoms with Gasteiger partial charge in [-0.1, -0.05) is 35.9 Å². The summed E-state index contributed by atoms with van der Waals surface area (Å²) < 4.78 is 13.7. The van der Waals surface area contributed by atoms with E-state index in [0.29, 0.717) is 24.2 Å². The molecule has 0 heterocycles. The Hall–Kier alpha value is -2.69.